The van der Waals surface area contributed by atoms with Crippen molar-refractivity contribution in [2.75, 3.05) is 14.7 Å². The minimum absolute atomic E-state index is 0.0697. The number of anilines is 9. The highest BCUT2D eigenvalue weighted by Gasteiger charge is 2.41. The van der Waals surface area contributed by atoms with Crippen LogP contribution in [0.15, 0.2) is 473 Å². The minimum Gasteiger partial charge on any atom is -0.310 e. The summed E-state index contributed by atoms with van der Waals surface area (Å²) in [6.45, 7) is 25.6. The van der Waals surface area contributed by atoms with E-state index in [9.17, 15) is 0 Å². The van der Waals surface area contributed by atoms with E-state index >= 15 is 0 Å². The Morgan fingerprint density at radius 3 is 0.711 bits per heavy atom. The van der Waals surface area contributed by atoms with Gasteiger partial charge in [0.2, 0.25) is 0 Å². The monoisotopic (exact) mass is 1820 g/mol. The summed E-state index contributed by atoms with van der Waals surface area (Å²) in [6.07, 6.45) is 0. The van der Waals surface area contributed by atoms with E-state index in [2.05, 4.69) is 564 Å². The SMILES string of the molecule is Cc1cc(-c2ccc3ccccc3c2)ccc1N(c1ccc(-c2cccc3ccccc23)cc1)c1ccc2c(c1)C(C)(C)c1ccccc1-2.Cc1cc(-c2ccc3ccccc3c2)ccc1N(c1ccc(-c2ccccc2)cc1)c1ccc2c(c1)C(C)(C)c1ccccc1-2.Cc1cc(-c2ccc3ccccc3c2)ccc1N(c1ccc2c(c1)C(C)(C)c1ccccc1-2)c1ccc2c(c1)C(C)(C)c1ccccc1-2. The first-order valence-electron chi connectivity index (χ1n) is 50.1. The molecule has 0 bridgehead atoms. The molecular weight excluding hydrogens is 1710 g/mol. The summed E-state index contributed by atoms with van der Waals surface area (Å²) in [5.41, 5.74) is 48.1. The Morgan fingerprint density at radius 1 is 0.141 bits per heavy atom. The van der Waals surface area contributed by atoms with Gasteiger partial charge >= 0.3 is 0 Å². The van der Waals surface area contributed by atoms with Gasteiger partial charge < -0.3 is 14.7 Å². The van der Waals surface area contributed by atoms with Crippen molar-refractivity contribution in [3.8, 4) is 100 Å². The van der Waals surface area contributed by atoms with Crippen LogP contribution in [0.25, 0.3) is 143 Å². The molecule has 682 valence electrons. The highest BCUT2D eigenvalue weighted by molar-refractivity contribution is 6.00. The summed E-state index contributed by atoms with van der Waals surface area (Å²) in [6, 6.07) is 175. The van der Waals surface area contributed by atoms with Crippen LogP contribution in [0.5, 0.6) is 0 Å². The number of aryl methyl sites for hydroxylation is 3. The molecule has 0 aromatic heterocycles. The lowest BCUT2D eigenvalue weighted by atomic mass is 9.82. The van der Waals surface area contributed by atoms with E-state index in [1.54, 1.807) is 0 Å². The topological polar surface area (TPSA) is 9.72 Å². The van der Waals surface area contributed by atoms with Crippen LogP contribution in [0.1, 0.15) is 117 Å². The standard InChI is InChI=1S/C48H37N.C47H39N.C44H35N/c1-32-29-37(38-20-19-33-11-4-5-13-36(33)30-38)23-28-47(32)49(40-26-27-44-43-16-8-9-18-45(43)48(2,3)46(44)31-40)39-24-21-35(22-25-39)42-17-10-14-34-12-6-7-15-41(34)42;1-30-26-33(34-19-18-31-12-6-7-13-32(31)27-34)20-25-45(30)48(35-21-23-39-37-14-8-10-16-41(37)46(2,3)43(39)28-35)36-22-24-40-38-15-9-11-17-42(38)47(4,5)44(40)29-36;1-30-27-35(36-18-17-32-13-7-8-14-34(32)28-36)21-26-43(30)45(37-22-19-33(20-23-37)31-11-5-4-6-12-31)38-24-25-40-39-15-9-10-16-41(39)44(2,3)42(40)29-38/h4-31H,1-3H3;6-29H,1-5H3;4-29H,1-3H3. The number of fused-ring (bicyclic) bond motifs is 16. The summed E-state index contributed by atoms with van der Waals surface area (Å²) in [5.74, 6) is 0. The number of hydrogen-bond donors (Lipinski definition) is 0. The Labute approximate surface area is 835 Å². The molecule has 0 atom stereocenters. The quantitative estimate of drug-likeness (QED) is 0.107. The fraction of sp³-hybridized carbons (Fsp3) is 0.108. The van der Waals surface area contributed by atoms with Gasteiger partial charge in [0.1, 0.15) is 0 Å². The highest BCUT2D eigenvalue weighted by atomic mass is 15.2. The normalized spacial score (nSPS) is 13.5. The Kier molecular flexibility index (Phi) is 21.7. The molecule has 0 spiro atoms. The fourth-order valence-electron chi connectivity index (χ4n) is 23.7. The summed E-state index contributed by atoms with van der Waals surface area (Å²) in [4.78, 5) is 7.34. The van der Waals surface area contributed by atoms with Crippen molar-refractivity contribution in [1.29, 1.82) is 0 Å². The lowest BCUT2D eigenvalue weighted by Gasteiger charge is -2.31. The molecule has 22 aromatic carbocycles. The maximum atomic E-state index is 2.48. The molecule has 142 heavy (non-hydrogen) atoms. The van der Waals surface area contributed by atoms with Crippen LogP contribution in [0.2, 0.25) is 0 Å². The van der Waals surface area contributed by atoms with Crippen LogP contribution >= 0.6 is 0 Å². The van der Waals surface area contributed by atoms with Crippen molar-refractivity contribution >= 4 is 94.3 Å². The van der Waals surface area contributed by atoms with Crippen LogP contribution < -0.4 is 14.7 Å². The zero-order chi connectivity index (χ0) is 96.4. The molecule has 0 unspecified atom stereocenters. The molecular formula is C139H111N3. The first kappa shape index (κ1) is 88.0. The lowest BCUT2D eigenvalue weighted by Crippen LogP contribution is -2.18. The molecule has 0 amide bonds. The maximum absolute atomic E-state index is 2.48. The minimum atomic E-state index is -0.0825. The second-order valence-corrected chi connectivity index (χ2v) is 41.3. The van der Waals surface area contributed by atoms with E-state index in [1.165, 1.54) is 244 Å². The van der Waals surface area contributed by atoms with E-state index in [0.717, 1.165) is 11.4 Å². The number of hydrogen-bond acceptors (Lipinski definition) is 3. The predicted octanol–water partition coefficient (Wildman–Crippen LogP) is 38.6. The van der Waals surface area contributed by atoms with Crippen LogP contribution in [0.4, 0.5) is 51.2 Å². The van der Waals surface area contributed by atoms with E-state index in [4.69, 9.17) is 0 Å². The van der Waals surface area contributed by atoms with Crippen molar-refractivity contribution in [2.45, 2.75) is 97.8 Å². The van der Waals surface area contributed by atoms with E-state index < -0.39 is 0 Å². The summed E-state index contributed by atoms with van der Waals surface area (Å²) >= 11 is 0. The van der Waals surface area contributed by atoms with Gasteiger partial charge in [0.25, 0.3) is 0 Å². The average Bonchev–Trinajstić information content (AvgIpc) is 1.65. The first-order chi connectivity index (χ1) is 69.1. The van der Waals surface area contributed by atoms with Crippen LogP contribution in [0, 0.1) is 20.8 Å². The molecule has 0 saturated carbocycles. The maximum Gasteiger partial charge on any atom is 0.0491 e. The zero-order valence-corrected chi connectivity index (χ0v) is 82.4. The third-order valence-electron chi connectivity index (χ3n) is 31.3. The number of rotatable bonds is 14. The van der Waals surface area contributed by atoms with Gasteiger partial charge in [-0.15, -0.1) is 0 Å². The van der Waals surface area contributed by atoms with Gasteiger partial charge in [0.15, 0.2) is 0 Å². The highest BCUT2D eigenvalue weighted by Crippen LogP contribution is 2.58. The molecule has 0 fully saturated rings. The zero-order valence-electron chi connectivity index (χ0n) is 82.4. The van der Waals surface area contributed by atoms with Gasteiger partial charge in [-0.3, -0.25) is 0 Å². The van der Waals surface area contributed by atoms with E-state index in [-0.39, 0.29) is 21.7 Å². The molecule has 0 saturated heterocycles. The van der Waals surface area contributed by atoms with Gasteiger partial charge in [-0.05, 0) is 353 Å². The molecule has 0 aliphatic heterocycles. The third kappa shape index (κ3) is 15.3. The molecule has 4 aliphatic carbocycles. The molecule has 22 aromatic rings. The largest absolute Gasteiger partial charge is 0.310 e. The number of nitrogens with zero attached hydrogens (tertiary/aromatic N) is 3. The lowest BCUT2D eigenvalue weighted by molar-refractivity contribution is 0.660. The van der Waals surface area contributed by atoms with Crippen molar-refractivity contribution in [3.05, 3.63) is 534 Å². The summed E-state index contributed by atoms with van der Waals surface area (Å²) in [7, 11) is 0. The van der Waals surface area contributed by atoms with Crippen molar-refractivity contribution < 1.29 is 0 Å². The average molecular weight is 1820 g/mol. The van der Waals surface area contributed by atoms with Crippen LogP contribution in [-0.4, -0.2) is 0 Å². The molecule has 0 heterocycles. The molecule has 0 radical (unpaired) electrons. The Balaban J connectivity index is 0.000000115. The summed E-state index contributed by atoms with van der Waals surface area (Å²) in [5, 5.41) is 10.1. The number of benzene rings is 22. The second-order valence-electron chi connectivity index (χ2n) is 41.3. The molecule has 0 N–H and O–H groups in total. The second kappa shape index (κ2) is 35.0. The van der Waals surface area contributed by atoms with Crippen molar-refractivity contribution in [3.63, 3.8) is 0 Å². The van der Waals surface area contributed by atoms with Gasteiger partial charge in [-0.25, -0.2) is 0 Å². The van der Waals surface area contributed by atoms with Gasteiger partial charge in [-0.1, -0.05) is 401 Å². The van der Waals surface area contributed by atoms with Gasteiger partial charge in [0, 0.05) is 72.8 Å². The molecule has 26 rings (SSSR count). The fourth-order valence-corrected chi connectivity index (χ4v) is 23.7. The predicted molar refractivity (Wildman–Crippen MR) is 605 cm³/mol. The van der Waals surface area contributed by atoms with Gasteiger partial charge in [0.05, 0.1) is 0 Å². The Morgan fingerprint density at radius 2 is 0.373 bits per heavy atom. The van der Waals surface area contributed by atoms with E-state index in [0.29, 0.717) is 0 Å². The Hall–Kier alpha value is -16.7. The molecule has 3 nitrogen and oxygen atoms in total. The van der Waals surface area contributed by atoms with Crippen LogP contribution in [-0.2, 0) is 21.7 Å². The van der Waals surface area contributed by atoms with Crippen molar-refractivity contribution in [1.82, 2.24) is 0 Å². The van der Waals surface area contributed by atoms with Gasteiger partial charge in [-0.2, -0.15) is 0 Å². The third-order valence-corrected chi connectivity index (χ3v) is 31.3. The first-order valence-corrected chi connectivity index (χ1v) is 50.1. The molecule has 3 heteroatoms. The van der Waals surface area contributed by atoms with Crippen molar-refractivity contribution in [2.24, 2.45) is 0 Å². The van der Waals surface area contributed by atoms with Crippen LogP contribution in [0.3, 0.4) is 0 Å². The Bertz CT molecular complexity index is 8650. The smallest absolute Gasteiger partial charge is 0.0491 e. The summed E-state index contributed by atoms with van der Waals surface area (Å²) < 4.78 is 0. The van der Waals surface area contributed by atoms with E-state index in [1.807, 2.05) is 0 Å². The molecule has 4 aliphatic rings.